The van der Waals surface area contributed by atoms with Gasteiger partial charge in [-0.15, -0.1) is 5.10 Å². The Morgan fingerprint density at radius 1 is 0.912 bits per heavy atom. The molecule has 176 valence electrons. The summed E-state index contributed by atoms with van der Waals surface area (Å²) in [6, 6.07) is 20.2. The normalized spacial score (nSPS) is 17.9. The van der Waals surface area contributed by atoms with Crippen LogP contribution in [0.3, 0.4) is 0 Å². The third kappa shape index (κ3) is 4.87. The summed E-state index contributed by atoms with van der Waals surface area (Å²) < 4.78 is 7.80. The molecule has 2 amide bonds. The number of aromatic nitrogens is 3. The molecule has 0 saturated carbocycles. The minimum absolute atomic E-state index is 0.102. The van der Waals surface area contributed by atoms with E-state index in [1.165, 1.54) is 5.56 Å². The van der Waals surface area contributed by atoms with Crippen LogP contribution in [0.4, 0.5) is 0 Å². The Hall–Kier alpha value is -3.52. The maximum atomic E-state index is 13.1. The second kappa shape index (κ2) is 10.2. The standard InChI is InChI=1S/C26H29N5O3/c32-24(13-7-10-20-8-3-1-4-9-20)29-14-16-30(17-15-29)26(33)25-22-19-34-23(18-31(22)28-27-25)21-11-5-2-6-12-21/h1-6,8-9,11-12,23H,7,10,13-19H2/t23-/m1/s1. The van der Waals surface area contributed by atoms with Crippen LogP contribution in [0.1, 0.15) is 46.3 Å². The van der Waals surface area contributed by atoms with Crippen LogP contribution in [0.25, 0.3) is 0 Å². The van der Waals surface area contributed by atoms with E-state index in [1.54, 1.807) is 9.58 Å². The number of carbonyl (C=O) groups excluding carboxylic acids is 2. The van der Waals surface area contributed by atoms with Crippen LogP contribution >= 0.6 is 0 Å². The SMILES string of the molecule is O=C(CCCc1ccccc1)N1CCN(C(=O)c2nnn3c2CO[C@@H](c2ccccc2)C3)CC1. The maximum absolute atomic E-state index is 13.1. The summed E-state index contributed by atoms with van der Waals surface area (Å²) in [5.41, 5.74) is 3.41. The average Bonchev–Trinajstić information content (AvgIpc) is 3.33. The Kier molecular flexibility index (Phi) is 6.67. The number of rotatable bonds is 6. The van der Waals surface area contributed by atoms with E-state index in [9.17, 15) is 9.59 Å². The number of aryl methyl sites for hydroxylation is 1. The van der Waals surface area contributed by atoms with Gasteiger partial charge in [-0.1, -0.05) is 65.9 Å². The molecule has 1 aromatic heterocycles. The molecule has 1 saturated heterocycles. The lowest BCUT2D eigenvalue weighted by Gasteiger charge is -2.34. The van der Waals surface area contributed by atoms with Gasteiger partial charge in [-0.05, 0) is 24.0 Å². The molecule has 1 atom stereocenters. The van der Waals surface area contributed by atoms with Crippen molar-refractivity contribution < 1.29 is 14.3 Å². The molecule has 0 N–H and O–H groups in total. The predicted molar refractivity (Wildman–Crippen MR) is 126 cm³/mol. The van der Waals surface area contributed by atoms with E-state index in [2.05, 4.69) is 22.4 Å². The highest BCUT2D eigenvalue weighted by Gasteiger charge is 2.31. The Balaban J connectivity index is 1.12. The molecule has 3 heterocycles. The molecule has 0 bridgehead atoms. The summed E-state index contributed by atoms with van der Waals surface area (Å²) in [5.74, 6) is 0.0172. The molecule has 2 aliphatic rings. The van der Waals surface area contributed by atoms with E-state index in [0.717, 1.165) is 24.1 Å². The predicted octanol–water partition coefficient (Wildman–Crippen LogP) is 2.86. The molecule has 2 aromatic carbocycles. The number of piperazine rings is 1. The first-order valence-electron chi connectivity index (χ1n) is 11.9. The molecular formula is C26H29N5O3. The van der Waals surface area contributed by atoms with E-state index in [-0.39, 0.29) is 17.9 Å². The fourth-order valence-corrected chi connectivity index (χ4v) is 4.60. The van der Waals surface area contributed by atoms with Crippen LogP contribution < -0.4 is 0 Å². The molecule has 8 heteroatoms. The van der Waals surface area contributed by atoms with Crippen molar-refractivity contribution in [3.05, 3.63) is 83.2 Å². The molecule has 0 aliphatic carbocycles. The number of ether oxygens (including phenoxy) is 1. The van der Waals surface area contributed by atoms with Gasteiger partial charge < -0.3 is 14.5 Å². The van der Waals surface area contributed by atoms with Gasteiger partial charge in [0, 0.05) is 32.6 Å². The zero-order chi connectivity index (χ0) is 23.3. The lowest BCUT2D eigenvalue weighted by molar-refractivity contribution is -0.132. The average molecular weight is 460 g/mol. The minimum Gasteiger partial charge on any atom is -0.365 e. The summed E-state index contributed by atoms with van der Waals surface area (Å²) in [6.07, 6.45) is 2.16. The lowest BCUT2D eigenvalue weighted by Crippen LogP contribution is -2.50. The molecule has 5 rings (SSSR count). The molecule has 0 radical (unpaired) electrons. The van der Waals surface area contributed by atoms with E-state index < -0.39 is 0 Å². The largest absolute Gasteiger partial charge is 0.365 e. The third-order valence-corrected chi connectivity index (χ3v) is 6.59. The fraction of sp³-hybridized carbons (Fsp3) is 0.385. The number of hydrogen-bond acceptors (Lipinski definition) is 5. The molecule has 3 aromatic rings. The Bertz CT molecular complexity index is 1120. The molecule has 2 aliphatic heterocycles. The Morgan fingerprint density at radius 3 is 2.32 bits per heavy atom. The van der Waals surface area contributed by atoms with Gasteiger partial charge in [0.15, 0.2) is 5.69 Å². The molecule has 1 fully saturated rings. The van der Waals surface area contributed by atoms with Gasteiger partial charge in [-0.2, -0.15) is 0 Å². The summed E-state index contributed by atoms with van der Waals surface area (Å²) in [6.45, 7) is 2.93. The van der Waals surface area contributed by atoms with Crippen molar-refractivity contribution in [3.8, 4) is 0 Å². The minimum atomic E-state index is -0.140. The highest BCUT2D eigenvalue weighted by Crippen LogP contribution is 2.27. The van der Waals surface area contributed by atoms with Crippen molar-refractivity contribution in [1.29, 1.82) is 0 Å². The smallest absolute Gasteiger partial charge is 0.276 e. The number of carbonyl (C=O) groups is 2. The third-order valence-electron chi connectivity index (χ3n) is 6.59. The fourth-order valence-electron chi connectivity index (χ4n) is 4.60. The van der Waals surface area contributed by atoms with Gasteiger partial charge in [0.2, 0.25) is 5.91 Å². The molecule has 0 unspecified atom stereocenters. The van der Waals surface area contributed by atoms with Gasteiger partial charge in [0.1, 0.15) is 6.10 Å². The molecule has 0 spiro atoms. The maximum Gasteiger partial charge on any atom is 0.276 e. The van der Waals surface area contributed by atoms with Gasteiger partial charge >= 0.3 is 0 Å². The van der Waals surface area contributed by atoms with Gasteiger partial charge in [-0.3, -0.25) is 9.59 Å². The van der Waals surface area contributed by atoms with Crippen LogP contribution in [0.15, 0.2) is 60.7 Å². The van der Waals surface area contributed by atoms with Crippen molar-refractivity contribution in [1.82, 2.24) is 24.8 Å². The second-order valence-electron chi connectivity index (χ2n) is 8.79. The monoisotopic (exact) mass is 459 g/mol. The Labute approximate surface area is 199 Å². The number of hydrogen-bond donors (Lipinski definition) is 0. The van der Waals surface area contributed by atoms with Crippen LogP contribution in [0.5, 0.6) is 0 Å². The van der Waals surface area contributed by atoms with E-state index >= 15 is 0 Å². The Morgan fingerprint density at radius 2 is 1.59 bits per heavy atom. The summed E-state index contributed by atoms with van der Waals surface area (Å²) in [5, 5.41) is 8.41. The summed E-state index contributed by atoms with van der Waals surface area (Å²) in [4.78, 5) is 29.4. The molecule has 8 nitrogen and oxygen atoms in total. The number of amides is 2. The topological polar surface area (TPSA) is 80.6 Å². The molecular weight excluding hydrogens is 430 g/mol. The van der Waals surface area contributed by atoms with Crippen molar-refractivity contribution in [3.63, 3.8) is 0 Å². The lowest BCUT2D eigenvalue weighted by atomic mass is 10.1. The first-order chi connectivity index (χ1) is 16.7. The van der Waals surface area contributed by atoms with Crippen LogP contribution in [0.2, 0.25) is 0 Å². The van der Waals surface area contributed by atoms with Crippen LogP contribution in [-0.2, 0) is 29.1 Å². The van der Waals surface area contributed by atoms with Crippen molar-refractivity contribution >= 4 is 11.8 Å². The number of benzene rings is 2. The van der Waals surface area contributed by atoms with Crippen molar-refractivity contribution in [2.75, 3.05) is 26.2 Å². The van der Waals surface area contributed by atoms with Gasteiger partial charge in [0.25, 0.3) is 5.91 Å². The van der Waals surface area contributed by atoms with Crippen molar-refractivity contribution in [2.24, 2.45) is 0 Å². The van der Waals surface area contributed by atoms with Crippen LogP contribution in [-0.4, -0.2) is 62.8 Å². The number of nitrogens with zero attached hydrogens (tertiary/aromatic N) is 5. The van der Waals surface area contributed by atoms with E-state index in [0.29, 0.717) is 51.4 Å². The summed E-state index contributed by atoms with van der Waals surface area (Å²) >= 11 is 0. The van der Waals surface area contributed by atoms with E-state index in [4.69, 9.17) is 4.74 Å². The zero-order valence-corrected chi connectivity index (χ0v) is 19.2. The highest BCUT2D eigenvalue weighted by molar-refractivity contribution is 5.93. The molecule has 34 heavy (non-hydrogen) atoms. The number of fused-ring (bicyclic) bond motifs is 1. The first kappa shape index (κ1) is 22.3. The zero-order valence-electron chi connectivity index (χ0n) is 19.2. The van der Waals surface area contributed by atoms with Gasteiger partial charge in [0.05, 0.1) is 18.8 Å². The van der Waals surface area contributed by atoms with E-state index in [1.807, 2.05) is 53.4 Å². The van der Waals surface area contributed by atoms with Crippen molar-refractivity contribution in [2.45, 2.75) is 38.5 Å². The first-order valence-corrected chi connectivity index (χ1v) is 11.9. The second-order valence-corrected chi connectivity index (χ2v) is 8.79. The quantitative estimate of drug-likeness (QED) is 0.566. The highest BCUT2D eigenvalue weighted by atomic mass is 16.5. The van der Waals surface area contributed by atoms with Crippen LogP contribution in [0, 0.1) is 0 Å². The van der Waals surface area contributed by atoms with Gasteiger partial charge in [-0.25, -0.2) is 4.68 Å². The summed E-state index contributed by atoms with van der Waals surface area (Å²) in [7, 11) is 0.